The van der Waals surface area contributed by atoms with Crippen LogP contribution in [0.5, 0.6) is 0 Å². The summed E-state index contributed by atoms with van der Waals surface area (Å²) < 4.78 is 40.1. The van der Waals surface area contributed by atoms with Crippen LogP contribution in [0.4, 0.5) is 8.78 Å². The van der Waals surface area contributed by atoms with Gasteiger partial charge in [0.2, 0.25) is 0 Å². The van der Waals surface area contributed by atoms with E-state index in [1.54, 1.807) is 6.08 Å². The maximum atomic E-state index is 12.9. The van der Waals surface area contributed by atoms with Gasteiger partial charge in [-0.3, -0.25) is 0 Å². The molecule has 3 atom stereocenters. The molecule has 1 N–H and O–H groups in total. The van der Waals surface area contributed by atoms with Crippen LogP contribution < -0.4 is 4.72 Å². The Morgan fingerprint density at radius 1 is 1.62 bits per heavy atom. The van der Waals surface area contributed by atoms with E-state index in [2.05, 4.69) is 11.3 Å². The lowest BCUT2D eigenvalue weighted by Crippen LogP contribution is -2.41. The highest BCUT2D eigenvalue weighted by molar-refractivity contribution is 7.84. The summed E-state index contributed by atoms with van der Waals surface area (Å²) in [5.74, 6) is -3.29. The van der Waals surface area contributed by atoms with Gasteiger partial charge in [-0.15, -0.1) is 6.58 Å². The molecule has 1 aliphatic rings. The molecule has 5 heteroatoms. The van der Waals surface area contributed by atoms with Crippen LogP contribution in [0.1, 0.15) is 33.6 Å². The standard InChI is InChI=1S/C11H19F2NOS/c1-5-6-9(8-7-11(8,12)13)14-16(15)10(2,3)4/h5,8-9,14H,1,6-7H2,2-4H3. The average Bonchev–Trinajstić information content (AvgIpc) is 2.72. The fourth-order valence-corrected chi connectivity index (χ4v) is 2.35. The van der Waals surface area contributed by atoms with Crippen molar-refractivity contribution in [2.24, 2.45) is 5.92 Å². The van der Waals surface area contributed by atoms with E-state index in [4.69, 9.17) is 0 Å². The molecule has 0 spiro atoms. The fourth-order valence-electron chi connectivity index (χ4n) is 1.46. The van der Waals surface area contributed by atoms with Gasteiger partial charge in [0.1, 0.15) is 0 Å². The van der Waals surface area contributed by atoms with Crippen molar-refractivity contribution >= 4 is 11.0 Å². The zero-order valence-corrected chi connectivity index (χ0v) is 10.7. The summed E-state index contributed by atoms with van der Waals surface area (Å²) in [6.45, 7) is 8.98. The largest absolute Gasteiger partial charge is 0.253 e. The van der Waals surface area contributed by atoms with Crippen molar-refractivity contribution in [3.8, 4) is 0 Å². The number of hydrogen-bond acceptors (Lipinski definition) is 1. The smallest absolute Gasteiger partial charge is 0.242 e. The molecule has 0 saturated heterocycles. The molecule has 0 aromatic heterocycles. The van der Waals surface area contributed by atoms with E-state index >= 15 is 0 Å². The zero-order valence-electron chi connectivity index (χ0n) is 9.93. The van der Waals surface area contributed by atoms with Crippen LogP contribution in [0.3, 0.4) is 0 Å². The van der Waals surface area contributed by atoms with Gasteiger partial charge in [0.15, 0.2) is 0 Å². The third kappa shape index (κ3) is 3.35. The molecule has 0 heterocycles. The molecule has 0 bridgehead atoms. The number of nitrogens with one attached hydrogen (secondary N) is 1. The Morgan fingerprint density at radius 2 is 2.12 bits per heavy atom. The maximum Gasteiger partial charge on any atom is 0.253 e. The summed E-state index contributed by atoms with van der Waals surface area (Å²) in [6.07, 6.45) is 1.90. The molecule has 0 amide bonds. The minimum Gasteiger partial charge on any atom is -0.242 e. The van der Waals surface area contributed by atoms with Crippen LogP contribution in [0.2, 0.25) is 0 Å². The van der Waals surface area contributed by atoms with Crippen molar-refractivity contribution < 1.29 is 13.0 Å². The average molecular weight is 251 g/mol. The summed E-state index contributed by atoms with van der Waals surface area (Å²) in [6, 6.07) is -0.437. The van der Waals surface area contributed by atoms with Crippen LogP contribution >= 0.6 is 0 Å². The monoisotopic (exact) mass is 251 g/mol. The van der Waals surface area contributed by atoms with E-state index in [9.17, 15) is 13.0 Å². The van der Waals surface area contributed by atoms with Crippen LogP contribution in [0.15, 0.2) is 12.7 Å². The summed E-state index contributed by atoms with van der Waals surface area (Å²) in [5, 5.41) is 0. The highest BCUT2D eigenvalue weighted by Crippen LogP contribution is 2.51. The molecule has 0 aromatic carbocycles. The lowest BCUT2D eigenvalue weighted by molar-refractivity contribution is 0.0921. The molecule has 1 saturated carbocycles. The van der Waals surface area contributed by atoms with Crippen molar-refractivity contribution in [1.82, 2.24) is 4.72 Å². The zero-order chi connectivity index (χ0) is 12.6. The Morgan fingerprint density at radius 3 is 2.44 bits per heavy atom. The van der Waals surface area contributed by atoms with Gasteiger partial charge >= 0.3 is 0 Å². The first-order chi connectivity index (χ1) is 7.18. The Balaban J connectivity index is 2.60. The molecular weight excluding hydrogens is 232 g/mol. The second kappa shape index (κ2) is 4.53. The second-order valence-electron chi connectivity index (χ2n) is 5.20. The van der Waals surface area contributed by atoms with Gasteiger partial charge in [-0.1, -0.05) is 6.08 Å². The van der Waals surface area contributed by atoms with Gasteiger partial charge in [-0.25, -0.2) is 17.7 Å². The number of rotatable bonds is 5. The minimum absolute atomic E-state index is 0.111. The minimum atomic E-state index is -2.59. The van der Waals surface area contributed by atoms with Crippen molar-refractivity contribution in [3.63, 3.8) is 0 Å². The van der Waals surface area contributed by atoms with Gasteiger partial charge in [0, 0.05) is 18.4 Å². The van der Waals surface area contributed by atoms with Crippen LogP contribution in [0, 0.1) is 5.92 Å². The third-order valence-corrected chi connectivity index (χ3v) is 4.22. The number of halogens is 2. The van der Waals surface area contributed by atoms with E-state index in [0.717, 1.165) is 0 Å². The Labute approximate surface area is 98.1 Å². The molecule has 3 unspecified atom stereocenters. The molecule has 1 aliphatic carbocycles. The van der Waals surface area contributed by atoms with E-state index in [1.807, 2.05) is 20.8 Å². The highest BCUT2D eigenvalue weighted by atomic mass is 32.2. The third-order valence-electron chi connectivity index (χ3n) is 2.60. The molecular formula is C11H19F2NOS. The van der Waals surface area contributed by atoms with Crippen molar-refractivity contribution in [1.29, 1.82) is 0 Å². The molecule has 94 valence electrons. The summed E-state index contributed by atoms with van der Waals surface area (Å²) in [7, 11) is -1.31. The molecule has 1 fully saturated rings. The summed E-state index contributed by atoms with van der Waals surface area (Å²) in [4.78, 5) is 0. The van der Waals surface area contributed by atoms with E-state index in [0.29, 0.717) is 6.42 Å². The SMILES string of the molecule is C=CCC(NS(=O)C(C)(C)C)C1CC1(F)F. The molecule has 1 rings (SSSR count). The van der Waals surface area contributed by atoms with E-state index in [1.165, 1.54) is 0 Å². The molecule has 2 nitrogen and oxygen atoms in total. The van der Waals surface area contributed by atoms with E-state index in [-0.39, 0.29) is 6.42 Å². The Bertz CT molecular complexity index is 299. The fraction of sp³-hybridized carbons (Fsp3) is 0.818. The van der Waals surface area contributed by atoms with Crippen LogP contribution in [-0.4, -0.2) is 20.9 Å². The van der Waals surface area contributed by atoms with Crippen molar-refractivity contribution in [3.05, 3.63) is 12.7 Å². The van der Waals surface area contributed by atoms with Gasteiger partial charge in [-0.05, 0) is 27.2 Å². The quantitative estimate of drug-likeness (QED) is 0.748. The van der Waals surface area contributed by atoms with Crippen molar-refractivity contribution in [2.45, 2.75) is 50.3 Å². The van der Waals surface area contributed by atoms with Crippen LogP contribution in [-0.2, 0) is 11.0 Å². The molecule has 16 heavy (non-hydrogen) atoms. The van der Waals surface area contributed by atoms with E-state index < -0.39 is 33.6 Å². The van der Waals surface area contributed by atoms with Gasteiger partial charge < -0.3 is 0 Å². The number of alkyl halides is 2. The van der Waals surface area contributed by atoms with Gasteiger partial charge in [0.05, 0.1) is 15.7 Å². The predicted octanol–water partition coefficient (Wildman–Crippen LogP) is 2.64. The second-order valence-corrected chi connectivity index (χ2v) is 7.20. The first kappa shape index (κ1) is 13.8. The summed E-state index contributed by atoms with van der Waals surface area (Å²) >= 11 is 0. The topological polar surface area (TPSA) is 29.1 Å². The maximum absolute atomic E-state index is 12.9. The lowest BCUT2D eigenvalue weighted by atomic mass is 10.1. The molecule has 0 aliphatic heterocycles. The number of hydrogen-bond donors (Lipinski definition) is 1. The Kier molecular flexibility index (Phi) is 3.90. The highest BCUT2D eigenvalue weighted by Gasteiger charge is 2.60. The Hall–Kier alpha value is -0.290. The van der Waals surface area contributed by atoms with Crippen molar-refractivity contribution in [2.75, 3.05) is 0 Å². The molecule has 0 radical (unpaired) electrons. The first-order valence-electron chi connectivity index (χ1n) is 5.35. The molecule has 0 aromatic rings. The first-order valence-corrected chi connectivity index (χ1v) is 6.50. The van der Waals surface area contributed by atoms with Gasteiger partial charge in [-0.2, -0.15) is 0 Å². The summed E-state index contributed by atoms with van der Waals surface area (Å²) in [5.41, 5.74) is 0. The van der Waals surface area contributed by atoms with Crippen LogP contribution in [0.25, 0.3) is 0 Å². The predicted molar refractivity (Wildman–Crippen MR) is 62.7 cm³/mol. The normalized spacial score (nSPS) is 27.2. The van der Waals surface area contributed by atoms with Gasteiger partial charge in [0.25, 0.3) is 5.92 Å². The lowest BCUT2D eigenvalue weighted by Gasteiger charge is -2.23.